The van der Waals surface area contributed by atoms with Crippen molar-refractivity contribution in [1.82, 2.24) is 5.32 Å². The van der Waals surface area contributed by atoms with Crippen molar-refractivity contribution in [3.05, 3.63) is 35.9 Å². The van der Waals surface area contributed by atoms with E-state index in [1.54, 1.807) is 0 Å². The highest BCUT2D eigenvalue weighted by atomic mass is 16.5. The number of nitrogens with one attached hydrogen (secondary N) is 1. The zero-order valence-corrected chi connectivity index (χ0v) is 12.8. The van der Waals surface area contributed by atoms with E-state index < -0.39 is 0 Å². The molecule has 0 spiro atoms. The van der Waals surface area contributed by atoms with Crippen LogP contribution in [0.1, 0.15) is 45.7 Å². The molecule has 0 bridgehead atoms. The first-order valence-electron chi connectivity index (χ1n) is 7.41. The van der Waals surface area contributed by atoms with Crippen molar-refractivity contribution in [2.75, 3.05) is 6.61 Å². The second kappa shape index (κ2) is 5.96. The van der Waals surface area contributed by atoms with Gasteiger partial charge in [0.1, 0.15) is 6.04 Å². The average molecular weight is 275 g/mol. The van der Waals surface area contributed by atoms with Gasteiger partial charge in [-0.15, -0.1) is 0 Å². The van der Waals surface area contributed by atoms with Crippen LogP contribution in [0, 0.1) is 11.3 Å². The molecule has 110 valence electrons. The highest BCUT2D eigenvalue weighted by Gasteiger charge is 2.43. The van der Waals surface area contributed by atoms with Gasteiger partial charge in [0, 0.05) is 6.04 Å². The van der Waals surface area contributed by atoms with E-state index in [2.05, 4.69) is 50.4 Å². The molecule has 2 rings (SSSR count). The molecule has 1 aliphatic rings. The fourth-order valence-corrected chi connectivity index (χ4v) is 3.04. The average Bonchev–Trinajstić information content (AvgIpc) is 2.85. The Hall–Kier alpha value is -1.35. The van der Waals surface area contributed by atoms with Gasteiger partial charge in [-0.3, -0.25) is 10.1 Å². The van der Waals surface area contributed by atoms with Crippen molar-refractivity contribution in [2.45, 2.75) is 46.2 Å². The summed E-state index contributed by atoms with van der Waals surface area (Å²) in [6, 6.07) is 10.4. The molecule has 0 unspecified atom stereocenters. The van der Waals surface area contributed by atoms with Crippen LogP contribution < -0.4 is 5.32 Å². The van der Waals surface area contributed by atoms with Crippen molar-refractivity contribution < 1.29 is 9.53 Å². The third-order valence-corrected chi connectivity index (χ3v) is 4.11. The molecule has 1 aliphatic heterocycles. The lowest BCUT2D eigenvalue weighted by Gasteiger charge is -2.32. The maximum absolute atomic E-state index is 12.0. The van der Waals surface area contributed by atoms with E-state index in [4.69, 9.17) is 4.74 Å². The highest BCUT2D eigenvalue weighted by molar-refractivity contribution is 5.76. The van der Waals surface area contributed by atoms with Crippen LogP contribution in [-0.2, 0) is 9.53 Å². The smallest absolute Gasteiger partial charge is 0.323 e. The van der Waals surface area contributed by atoms with Crippen LogP contribution in [0.2, 0.25) is 0 Å². The molecule has 3 atom stereocenters. The molecule has 1 fully saturated rings. The van der Waals surface area contributed by atoms with Gasteiger partial charge in [0.05, 0.1) is 6.61 Å². The van der Waals surface area contributed by atoms with Gasteiger partial charge in [0.2, 0.25) is 0 Å². The molecule has 1 N–H and O–H groups in total. The predicted octanol–water partition coefficient (Wildman–Crippen LogP) is 3.32. The number of esters is 1. The van der Waals surface area contributed by atoms with Gasteiger partial charge < -0.3 is 4.74 Å². The number of hydrogen-bond donors (Lipinski definition) is 1. The SMILES string of the molecule is CCOC(=O)[C@H]1C[C@@H](C(C)(C)C)[C@@H](c2ccccc2)N1. The minimum absolute atomic E-state index is 0.125. The topological polar surface area (TPSA) is 38.3 Å². The predicted molar refractivity (Wildman–Crippen MR) is 80.3 cm³/mol. The Bertz CT molecular complexity index is 450. The first-order chi connectivity index (χ1) is 9.43. The molecule has 1 aromatic carbocycles. The second-order valence-corrected chi connectivity index (χ2v) is 6.57. The monoisotopic (exact) mass is 275 g/mol. The van der Waals surface area contributed by atoms with Crippen molar-refractivity contribution in [3.63, 3.8) is 0 Å². The van der Waals surface area contributed by atoms with E-state index >= 15 is 0 Å². The lowest BCUT2D eigenvalue weighted by atomic mass is 9.74. The van der Waals surface area contributed by atoms with Gasteiger partial charge in [-0.25, -0.2) is 0 Å². The molecule has 0 saturated carbocycles. The first kappa shape index (κ1) is 15.0. The van der Waals surface area contributed by atoms with Crippen LogP contribution in [0.3, 0.4) is 0 Å². The Balaban J connectivity index is 2.22. The van der Waals surface area contributed by atoms with E-state index in [9.17, 15) is 4.79 Å². The summed E-state index contributed by atoms with van der Waals surface area (Å²) in [4.78, 5) is 12.0. The summed E-state index contributed by atoms with van der Waals surface area (Å²) in [6.07, 6.45) is 0.835. The molecule has 3 heteroatoms. The van der Waals surface area contributed by atoms with E-state index in [-0.39, 0.29) is 23.5 Å². The molecule has 3 nitrogen and oxygen atoms in total. The van der Waals surface area contributed by atoms with E-state index in [1.807, 2.05) is 13.0 Å². The van der Waals surface area contributed by atoms with Crippen LogP contribution in [0.25, 0.3) is 0 Å². The Labute approximate surface area is 121 Å². The minimum atomic E-state index is -0.190. The maximum Gasteiger partial charge on any atom is 0.323 e. The molecular formula is C17H25NO2. The van der Waals surface area contributed by atoms with Gasteiger partial charge >= 0.3 is 5.97 Å². The Kier molecular flexibility index (Phi) is 4.48. The fourth-order valence-electron chi connectivity index (χ4n) is 3.04. The van der Waals surface area contributed by atoms with Gasteiger partial charge in [0.15, 0.2) is 0 Å². The van der Waals surface area contributed by atoms with Gasteiger partial charge in [-0.1, -0.05) is 51.1 Å². The van der Waals surface area contributed by atoms with Crippen LogP contribution in [0.5, 0.6) is 0 Å². The van der Waals surface area contributed by atoms with E-state index in [0.29, 0.717) is 12.5 Å². The summed E-state index contributed by atoms with van der Waals surface area (Å²) < 4.78 is 5.17. The lowest BCUT2D eigenvalue weighted by molar-refractivity contribution is -0.145. The number of benzene rings is 1. The van der Waals surface area contributed by atoms with Crippen molar-refractivity contribution in [2.24, 2.45) is 11.3 Å². The number of rotatable bonds is 3. The summed E-state index contributed by atoms with van der Waals surface area (Å²) in [6.45, 7) is 9.00. The van der Waals surface area contributed by atoms with Gasteiger partial charge in [-0.2, -0.15) is 0 Å². The molecule has 0 amide bonds. The summed E-state index contributed by atoms with van der Waals surface area (Å²) in [5.74, 6) is 0.291. The third kappa shape index (κ3) is 3.21. The second-order valence-electron chi connectivity index (χ2n) is 6.57. The number of carbonyl (C=O) groups is 1. The molecular weight excluding hydrogens is 250 g/mol. The van der Waals surface area contributed by atoms with E-state index in [1.165, 1.54) is 5.56 Å². The zero-order valence-electron chi connectivity index (χ0n) is 12.8. The molecule has 1 aromatic rings. The quantitative estimate of drug-likeness (QED) is 0.860. The molecule has 0 aromatic heterocycles. The summed E-state index contributed by atoms with van der Waals surface area (Å²) in [5, 5.41) is 3.47. The van der Waals surface area contributed by atoms with Crippen LogP contribution in [0.15, 0.2) is 30.3 Å². The van der Waals surface area contributed by atoms with E-state index in [0.717, 1.165) is 6.42 Å². The fraction of sp³-hybridized carbons (Fsp3) is 0.588. The van der Waals surface area contributed by atoms with Crippen LogP contribution in [0.4, 0.5) is 0 Å². The molecule has 0 aliphatic carbocycles. The minimum Gasteiger partial charge on any atom is -0.465 e. The Morgan fingerprint density at radius 3 is 2.50 bits per heavy atom. The number of carbonyl (C=O) groups excluding carboxylic acids is 1. The van der Waals surface area contributed by atoms with Crippen LogP contribution in [-0.4, -0.2) is 18.6 Å². The van der Waals surface area contributed by atoms with Gasteiger partial charge in [-0.05, 0) is 30.2 Å². The Morgan fingerprint density at radius 2 is 1.95 bits per heavy atom. The van der Waals surface area contributed by atoms with Crippen molar-refractivity contribution in [1.29, 1.82) is 0 Å². The van der Waals surface area contributed by atoms with Crippen molar-refractivity contribution in [3.8, 4) is 0 Å². The molecule has 20 heavy (non-hydrogen) atoms. The van der Waals surface area contributed by atoms with Crippen LogP contribution >= 0.6 is 0 Å². The third-order valence-electron chi connectivity index (χ3n) is 4.11. The lowest BCUT2D eigenvalue weighted by Crippen LogP contribution is -2.34. The number of ether oxygens (including phenoxy) is 1. The maximum atomic E-state index is 12.0. The molecule has 0 radical (unpaired) electrons. The molecule has 1 saturated heterocycles. The number of hydrogen-bond acceptors (Lipinski definition) is 3. The summed E-state index contributed by atoms with van der Waals surface area (Å²) in [7, 11) is 0. The standard InChI is InChI=1S/C17H25NO2/c1-5-20-16(19)14-11-13(17(2,3)4)15(18-14)12-9-7-6-8-10-12/h6-10,13-15,18H,5,11H2,1-4H3/t13-,14-,15-/m1/s1. The summed E-state index contributed by atoms with van der Waals surface area (Å²) >= 11 is 0. The zero-order chi connectivity index (χ0) is 14.8. The summed E-state index contributed by atoms with van der Waals surface area (Å²) in [5.41, 5.74) is 1.40. The van der Waals surface area contributed by atoms with Crippen molar-refractivity contribution >= 4 is 5.97 Å². The largest absolute Gasteiger partial charge is 0.465 e. The molecule has 1 heterocycles. The normalized spacial score (nSPS) is 26.5. The Morgan fingerprint density at radius 1 is 1.30 bits per heavy atom. The first-order valence-corrected chi connectivity index (χ1v) is 7.41. The highest BCUT2D eigenvalue weighted by Crippen LogP contribution is 2.43. The van der Waals surface area contributed by atoms with Gasteiger partial charge in [0.25, 0.3) is 0 Å².